The zero-order valence-electron chi connectivity index (χ0n) is 6.42. The minimum Gasteiger partial charge on any atom is -0.393 e. The van der Waals surface area contributed by atoms with Gasteiger partial charge in [0, 0.05) is 13.7 Å². The summed E-state index contributed by atoms with van der Waals surface area (Å²) in [6.45, 7) is 4.57. The Hall–Kier alpha value is -0.0800. The molecule has 2 heteroatoms. The Kier molecular flexibility index (Phi) is 4.72. The van der Waals surface area contributed by atoms with Gasteiger partial charge in [-0.1, -0.05) is 6.92 Å². The molecule has 0 spiro atoms. The number of hydrogen-bond donors (Lipinski definition) is 1. The Morgan fingerprint density at radius 2 is 2.00 bits per heavy atom. The molecule has 2 atom stereocenters. The number of aliphatic hydroxyl groups excluding tert-OH is 1. The molecule has 1 N–H and O–H groups in total. The first kappa shape index (κ1) is 8.92. The van der Waals surface area contributed by atoms with Crippen LogP contribution in [0.1, 0.15) is 20.3 Å². The van der Waals surface area contributed by atoms with Gasteiger partial charge in [0.1, 0.15) is 0 Å². The van der Waals surface area contributed by atoms with Gasteiger partial charge in [0.15, 0.2) is 0 Å². The molecule has 0 aromatic heterocycles. The van der Waals surface area contributed by atoms with Crippen LogP contribution in [0.15, 0.2) is 0 Å². The third kappa shape index (κ3) is 4.43. The average molecular weight is 132 g/mol. The molecule has 0 aromatic carbocycles. The second-order valence-corrected chi connectivity index (χ2v) is 2.50. The van der Waals surface area contributed by atoms with Gasteiger partial charge in [-0.2, -0.15) is 0 Å². The molecular formula is C7H16O2. The molecule has 0 radical (unpaired) electrons. The number of hydrogen-bond acceptors (Lipinski definition) is 2. The quantitative estimate of drug-likeness (QED) is 0.619. The first-order chi connectivity index (χ1) is 4.18. The molecule has 0 unspecified atom stereocenters. The lowest BCUT2D eigenvalue weighted by atomic mass is 10.0. The average Bonchev–Trinajstić information content (AvgIpc) is 1.82. The van der Waals surface area contributed by atoms with E-state index >= 15 is 0 Å². The normalized spacial score (nSPS) is 17.3. The second kappa shape index (κ2) is 4.77. The monoisotopic (exact) mass is 132 g/mol. The van der Waals surface area contributed by atoms with Gasteiger partial charge in [0.05, 0.1) is 6.10 Å². The standard InChI is InChI=1S/C7H16O2/c1-6(7(2)8)4-5-9-3/h6-8H,4-5H2,1-3H3/t6-,7-/m0/s1. The molecule has 0 rings (SSSR count). The maximum absolute atomic E-state index is 8.99. The van der Waals surface area contributed by atoms with Crippen molar-refractivity contribution in [3.05, 3.63) is 0 Å². The van der Waals surface area contributed by atoms with Gasteiger partial charge in [0.2, 0.25) is 0 Å². The van der Waals surface area contributed by atoms with Crippen molar-refractivity contribution in [1.82, 2.24) is 0 Å². The van der Waals surface area contributed by atoms with Gasteiger partial charge in [-0.3, -0.25) is 0 Å². The molecule has 9 heavy (non-hydrogen) atoms. The van der Waals surface area contributed by atoms with Gasteiger partial charge in [-0.15, -0.1) is 0 Å². The summed E-state index contributed by atoms with van der Waals surface area (Å²) >= 11 is 0. The second-order valence-electron chi connectivity index (χ2n) is 2.50. The maximum Gasteiger partial charge on any atom is 0.0538 e. The van der Waals surface area contributed by atoms with Gasteiger partial charge >= 0.3 is 0 Å². The maximum atomic E-state index is 8.99. The zero-order chi connectivity index (χ0) is 7.28. The Morgan fingerprint density at radius 1 is 1.44 bits per heavy atom. The van der Waals surface area contributed by atoms with Crippen molar-refractivity contribution in [3.8, 4) is 0 Å². The summed E-state index contributed by atoms with van der Waals surface area (Å²) in [5.41, 5.74) is 0. The van der Waals surface area contributed by atoms with Crippen molar-refractivity contribution >= 4 is 0 Å². The Labute approximate surface area is 56.8 Å². The van der Waals surface area contributed by atoms with Gasteiger partial charge in [-0.25, -0.2) is 0 Å². The van der Waals surface area contributed by atoms with Crippen molar-refractivity contribution in [2.24, 2.45) is 5.92 Å². The van der Waals surface area contributed by atoms with E-state index in [-0.39, 0.29) is 6.10 Å². The van der Waals surface area contributed by atoms with Crippen LogP contribution in [-0.2, 0) is 4.74 Å². The molecule has 0 heterocycles. The van der Waals surface area contributed by atoms with E-state index in [1.165, 1.54) is 0 Å². The van der Waals surface area contributed by atoms with Crippen molar-refractivity contribution in [1.29, 1.82) is 0 Å². The van der Waals surface area contributed by atoms with Gasteiger partial charge < -0.3 is 9.84 Å². The highest BCUT2D eigenvalue weighted by Crippen LogP contribution is 2.06. The summed E-state index contributed by atoms with van der Waals surface area (Å²) in [6.07, 6.45) is 0.730. The van der Waals surface area contributed by atoms with E-state index in [0.29, 0.717) is 5.92 Å². The molecule has 2 nitrogen and oxygen atoms in total. The van der Waals surface area contributed by atoms with Crippen LogP contribution >= 0.6 is 0 Å². The molecule has 0 saturated heterocycles. The molecule has 0 saturated carbocycles. The van der Waals surface area contributed by atoms with Crippen LogP contribution in [-0.4, -0.2) is 24.9 Å². The topological polar surface area (TPSA) is 29.5 Å². The lowest BCUT2D eigenvalue weighted by Gasteiger charge is -2.12. The molecule has 0 bridgehead atoms. The highest BCUT2D eigenvalue weighted by molar-refractivity contribution is 4.57. The highest BCUT2D eigenvalue weighted by atomic mass is 16.5. The van der Waals surface area contributed by atoms with Crippen LogP contribution in [0, 0.1) is 5.92 Å². The van der Waals surface area contributed by atoms with Crippen molar-refractivity contribution in [3.63, 3.8) is 0 Å². The van der Waals surface area contributed by atoms with E-state index in [4.69, 9.17) is 9.84 Å². The van der Waals surface area contributed by atoms with Crippen LogP contribution in [0.5, 0.6) is 0 Å². The first-order valence-electron chi connectivity index (χ1n) is 3.35. The Bertz CT molecular complexity index is 61.9. The van der Waals surface area contributed by atoms with Gasteiger partial charge in [0.25, 0.3) is 0 Å². The molecular weight excluding hydrogens is 116 g/mol. The fraction of sp³-hybridized carbons (Fsp3) is 1.00. The molecule has 0 aliphatic rings. The summed E-state index contributed by atoms with van der Waals surface area (Å²) in [5.74, 6) is 0.352. The third-order valence-corrected chi connectivity index (χ3v) is 1.60. The van der Waals surface area contributed by atoms with E-state index < -0.39 is 0 Å². The van der Waals surface area contributed by atoms with E-state index in [9.17, 15) is 0 Å². The van der Waals surface area contributed by atoms with E-state index in [1.54, 1.807) is 14.0 Å². The Balaban J connectivity index is 3.16. The van der Waals surface area contributed by atoms with Crippen LogP contribution < -0.4 is 0 Å². The lowest BCUT2D eigenvalue weighted by molar-refractivity contribution is 0.102. The smallest absolute Gasteiger partial charge is 0.0538 e. The molecule has 0 aliphatic heterocycles. The Morgan fingerprint density at radius 3 is 2.33 bits per heavy atom. The summed E-state index contributed by atoms with van der Waals surface area (Å²) in [4.78, 5) is 0. The van der Waals surface area contributed by atoms with Crippen LogP contribution in [0.3, 0.4) is 0 Å². The predicted molar refractivity (Wildman–Crippen MR) is 37.3 cm³/mol. The number of rotatable bonds is 4. The summed E-state index contributed by atoms with van der Waals surface area (Å²) in [7, 11) is 1.68. The highest BCUT2D eigenvalue weighted by Gasteiger charge is 2.06. The minimum absolute atomic E-state index is 0.208. The number of ether oxygens (including phenoxy) is 1. The molecule has 0 amide bonds. The number of aliphatic hydroxyl groups is 1. The molecule has 0 aliphatic carbocycles. The summed E-state index contributed by atoms with van der Waals surface area (Å²) < 4.78 is 4.85. The summed E-state index contributed by atoms with van der Waals surface area (Å²) in [6, 6.07) is 0. The van der Waals surface area contributed by atoms with Gasteiger partial charge in [-0.05, 0) is 19.3 Å². The molecule has 56 valence electrons. The fourth-order valence-electron chi connectivity index (χ4n) is 0.545. The number of methoxy groups -OCH3 is 1. The third-order valence-electron chi connectivity index (χ3n) is 1.60. The van der Waals surface area contributed by atoms with E-state index in [2.05, 4.69) is 0 Å². The van der Waals surface area contributed by atoms with Crippen LogP contribution in [0.25, 0.3) is 0 Å². The first-order valence-corrected chi connectivity index (χ1v) is 3.35. The SMILES string of the molecule is COCC[C@H](C)[C@H](C)O. The minimum atomic E-state index is -0.208. The zero-order valence-corrected chi connectivity index (χ0v) is 6.42. The van der Waals surface area contributed by atoms with Crippen LogP contribution in [0.4, 0.5) is 0 Å². The van der Waals surface area contributed by atoms with Crippen molar-refractivity contribution in [2.75, 3.05) is 13.7 Å². The van der Waals surface area contributed by atoms with Crippen molar-refractivity contribution < 1.29 is 9.84 Å². The molecule has 0 aromatic rings. The lowest BCUT2D eigenvalue weighted by Crippen LogP contribution is -2.14. The predicted octanol–water partition coefficient (Wildman–Crippen LogP) is 1.04. The van der Waals surface area contributed by atoms with E-state index in [0.717, 1.165) is 13.0 Å². The van der Waals surface area contributed by atoms with Crippen LogP contribution in [0.2, 0.25) is 0 Å². The largest absolute Gasteiger partial charge is 0.393 e. The molecule has 0 fully saturated rings. The van der Waals surface area contributed by atoms with E-state index in [1.807, 2.05) is 6.92 Å². The summed E-state index contributed by atoms with van der Waals surface area (Å²) in [5, 5.41) is 8.99. The fourth-order valence-corrected chi connectivity index (χ4v) is 0.545. The van der Waals surface area contributed by atoms with Crippen molar-refractivity contribution in [2.45, 2.75) is 26.4 Å².